The van der Waals surface area contributed by atoms with Crippen LogP contribution in [0.3, 0.4) is 0 Å². The van der Waals surface area contributed by atoms with Gasteiger partial charge < -0.3 is 9.84 Å². The topological polar surface area (TPSA) is 67.6 Å². The lowest BCUT2D eigenvalue weighted by Gasteiger charge is -2.30. The van der Waals surface area contributed by atoms with E-state index in [0.717, 1.165) is 6.07 Å². The SMILES string of the molecule is COc1c(F)cccc1C(C)CC(O)(/C=N\c1cccc2nc(C)ncc12)C(F)(F)F. The third-order valence-electron chi connectivity index (χ3n) is 4.98. The maximum Gasteiger partial charge on any atom is 0.422 e. The first-order chi connectivity index (χ1) is 14.6. The van der Waals surface area contributed by atoms with Crippen molar-refractivity contribution in [3.63, 3.8) is 0 Å². The van der Waals surface area contributed by atoms with Gasteiger partial charge >= 0.3 is 6.18 Å². The maximum absolute atomic E-state index is 14.0. The minimum absolute atomic E-state index is 0.155. The molecule has 0 amide bonds. The minimum Gasteiger partial charge on any atom is -0.493 e. The summed E-state index contributed by atoms with van der Waals surface area (Å²) >= 11 is 0. The lowest BCUT2D eigenvalue weighted by molar-refractivity contribution is -0.231. The van der Waals surface area contributed by atoms with Crippen LogP contribution in [0.2, 0.25) is 0 Å². The number of aliphatic imine (C=N–C) groups is 1. The average Bonchev–Trinajstić information content (AvgIpc) is 2.70. The van der Waals surface area contributed by atoms with E-state index in [9.17, 15) is 22.7 Å². The summed E-state index contributed by atoms with van der Waals surface area (Å²) < 4.78 is 60.5. The van der Waals surface area contributed by atoms with Crippen LogP contribution >= 0.6 is 0 Å². The van der Waals surface area contributed by atoms with Crippen molar-refractivity contribution in [1.29, 1.82) is 0 Å². The molecule has 3 rings (SSSR count). The second kappa shape index (κ2) is 8.58. The van der Waals surface area contributed by atoms with Crippen molar-refractivity contribution in [1.82, 2.24) is 9.97 Å². The number of fused-ring (bicyclic) bond motifs is 1. The molecule has 1 aromatic heterocycles. The highest BCUT2D eigenvalue weighted by Crippen LogP contribution is 2.40. The monoisotopic (exact) mass is 435 g/mol. The quantitative estimate of drug-likeness (QED) is 0.423. The zero-order chi connectivity index (χ0) is 22.8. The third kappa shape index (κ3) is 4.66. The number of aliphatic hydroxyl groups is 1. The zero-order valence-corrected chi connectivity index (χ0v) is 17.1. The van der Waals surface area contributed by atoms with Crippen molar-refractivity contribution in [3.05, 3.63) is 59.8 Å². The van der Waals surface area contributed by atoms with Crippen molar-refractivity contribution in [2.45, 2.75) is 38.0 Å². The van der Waals surface area contributed by atoms with Gasteiger partial charge in [0.2, 0.25) is 0 Å². The Morgan fingerprint density at radius 2 is 1.90 bits per heavy atom. The number of para-hydroxylation sites is 1. The van der Waals surface area contributed by atoms with E-state index < -0.39 is 29.9 Å². The van der Waals surface area contributed by atoms with Crippen LogP contribution in [-0.4, -0.2) is 40.2 Å². The maximum atomic E-state index is 14.0. The molecule has 0 bridgehead atoms. The molecule has 3 aromatic rings. The largest absolute Gasteiger partial charge is 0.493 e. The lowest BCUT2D eigenvalue weighted by Crippen LogP contribution is -2.47. The van der Waals surface area contributed by atoms with Gasteiger partial charge in [0, 0.05) is 23.4 Å². The average molecular weight is 435 g/mol. The number of alkyl halides is 3. The summed E-state index contributed by atoms with van der Waals surface area (Å²) in [5.74, 6) is -1.22. The minimum atomic E-state index is -5.01. The summed E-state index contributed by atoms with van der Waals surface area (Å²) in [5.41, 5.74) is -2.32. The van der Waals surface area contributed by atoms with Crippen molar-refractivity contribution in [2.24, 2.45) is 4.99 Å². The normalized spacial score (nSPS) is 15.2. The molecule has 5 nitrogen and oxygen atoms in total. The van der Waals surface area contributed by atoms with Gasteiger partial charge in [-0.2, -0.15) is 13.2 Å². The van der Waals surface area contributed by atoms with Crippen LogP contribution in [0, 0.1) is 12.7 Å². The summed E-state index contributed by atoms with van der Waals surface area (Å²) in [7, 11) is 1.23. The number of aromatic nitrogens is 2. The van der Waals surface area contributed by atoms with Gasteiger partial charge in [-0.15, -0.1) is 0 Å². The van der Waals surface area contributed by atoms with Gasteiger partial charge in [-0.25, -0.2) is 14.4 Å². The highest BCUT2D eigenvalue weighted by atomic mass is 19.4. The van der Waals surface area contributed by atoms with Crippen LogP contribution in [0.4, 0.5) is 23.2 Å². The number of benzene rings is 2. The number of ether oxygens (including phenoxy) is 1. The smallest absolute Gasteiger partial charge is 0.422 e. The number of methoxy groups -OCH3 is 1. The molecule has 0 saturated heterocycles. The molecule has 0 spiro atoms. The van der Waals surface area contributed by atoms with Crippen molar-refractivity contribution in [3.8, 4) is 5.75 Å². The first kappa shape index (κ1) is 22.6. The van der Waals surface area contributed by atoms with E-state index in [2.05, 4.69) is 15.0 Å². The Kier molecular flexibility index (Phi) is 6.26. The van der Waals surface area contributed by atoms with Gasteiger partial charge in [-0.1, -0.05) is 25.1 Å². The van der Waals surface area contributed by atoms with Crippen molar-refractivity contribution < 1.29 is 27.4 Å². The van der Waals surface area contributed by atoms with E-state index in [1.165, 1.54) is 38.4 Å². The zero-order valence-electron chi connectivity index (χ0n) is 17.1. The van der Waals surface area contributed by atoms with Crippen LogP contribution in [0.5, 0.6) is 5.75 Å². The number of hydrogen-bond donors (Lipinski definition) is 1. The summed E-state index contributed by atoms with van der Waals surface area (Å²) in [4.78, 5) is 12.2. The molecule has 0 fully saturated rings. The van der Waals surface area contributed by atoms with Crippen LogP contribution in [0.15, 0.2) is 47.6 Å². The molecule has 164 valence electrons. The fourth-order valence-electron chi connectivity index (χ4n) is 3.37. The van der Waals surface area contributed by atoms with Gasteiger partial charge in [0.15, 0.2) is 17.2 Å². The Hall–Kier alpha value is -3.07. The first-order valence-corrected chi connectivity index (χ1v) is 9.45. The number of hydrogen-bond acceptors (Lipinski definition) is 5. The molecular formula is C22H21F4N3O2. The van der Waals surface area contributed by atoms with E-state index in [1.807, 2.05) is 0 Å². The van der Waals surface area contributed by atoms with Crippen molar-refractivity contribution >= 4 is 22.8 Å². The Balaban J connectivity index is 1.98. The van der Waals surface area contributed by atoms with Crippen molar-refractivity contribution in [2.75, 3.05) is 7.11 Å². The molecule has 1 N–H and O–H groups in total. The van der Waals surface area contributed by atoms with Gasteiger partial charge in [-0.3, -0.25) is 4.99 Å². The first-order valence-electron chi connectivity index (χ1n) is 9.45. The second-order valence-electron chi connectivity index (χ2n) is 7.27. The molecular weight excluding hydrogens is 414 g/mol. The molecule has 9 heteroatoms. The van der Waals surface area contributed by atoms with Crippen LogP contribution in [0.1, 0.15) is 30.7 Å². The predicted octanol–water partition coefficient (Wildman–Crippen LogP) is 5.28. The number of rotatable bonds is 6. The van der Waals surface area contributed by atoms with Crippen LogP contribution < -0.4 is 4.74 Å². The van der Waals surface area contributed by atoms with E-state index >= 15 is 0 Å². The number of aryl methyl sites for hydroxylation is 1. The Labute approximate surface area is 176 Å². The highest BCUT2D eigenvalue weighted by Gasteiger charge is 2.53. The van der Waals surface area contributed by atoms with Crippen LogP contribution in [-0.2, 0) is 0 Å². The van der Waals surface area contributed by atoms with Gasteiger partial charge in [0.05, 0.1) is 18.3 Å². The Morgan fingerprint density at radius 1 is 1.19 bits per heavy atom. The van der Waals surface area contributed by atoms with E-state index in [0.29, 0.717) is 22.9 Å². The van der Waals surface area contributed by atoms with E-state index in [4.69, 9.17) is 4.74 Å². The molecule has 0 aliphatic rings. The molecule has 2 atom stereocenters. The Morgan fingerprint density at radius 3 is 2.58 bits per heavy atom. The summed E-state index contributed by atoms with van der Waals surface area (Å²) in [5, 5.41) is 11.0. The van der Waals surface area contributed by atoms with Gasteiger partial charge in [-0.05, 0) is 37.5 Å². The summed E-state index contributed by atoms with van der Waals surface area (Å²) in [6, 6.07) is 8.79. The molecule has 0 aliphatic heterocycles. The molecule has 0 radical (unpaired) electrons. The highest BCUT2D eigenvalue weighted by molar-refractivity contribution is 5.91. The van der Waals surface area contributed by atoms with Crippen LogP contribution in [0.25, 0.3) is 10.9 Å². The molecule has 0 saturated carbocycles. The predicted molar refractivity (Wildman–Crippen MR) is 109 cm³/mol. The van der Waals surface area contributed by atoms with Gasteiger partial charge in [0.1, 0.15) is 5.82 Å². The Bertz CT molecular complexity index is 1120. The molecule has 0 aliphatic carbocycles. The second-order valence-corrected chi connectivity index (χ2v) is 7.27. The van der Waals surface area contributed by atoms with Gasteiger partial charge in [0.25, 0.3) is 0 Å². The van der Waals surface area contributed by atoms with E-state index in [-0.39, 0.29) is 17.0 Å². The molecule has 2 unspecified atom stereocenters. The molecule has 2 aromatic carbocycles. The molecule has 31 heavy (non-hydrogen) atoms. The fraction of sp³-hybridized carbons (Fsp3) is 0.318. The summed E-state index contributed by atoms with van der Waals surface area (Å²) in [6.45, 7) is 3.15. The van der Waals surface area contributed by atoms with E-state index in [1.54, 1.807) is 19.1 Å². The third-order valence-corrected chi connectivity index (χ3v) is 4.98. The summed E-state index contributed by atoms with van der Waals surface area (Å²) in [6.07, 6.45) is -3.84. The standard InChI is InChI=1S/C22H21F4N3O2/c1-13(15-6-4-7-17(23)20(15)31-3)10-21(30,22(24,25)26)12-28-18-8-5-9-19-16(18)11-27-14(2)29-19/h4-9,11-13,30H,10H2,1-3H3/b28-12-. The lowest BCUT2D eigenvalue weighted by atomic mass is 9.86. The number of halogens is 4. The fourth-order valence-corrected chi connectivity index (χ4v) is 3.37. The molecule has 1 heterocycles. The number of nitrogens with zero attached hydrogens (tertiary/aromatic N) is 3.